The van der Waals surface area contributed by atoms with Gasteiger partial charge in [0, 0.05) is 17.2 Å². The lowest BCUT2D eigenvalue weighted by molar-refractivity contribution is -0.137. The van der Waals surface area contributed by atoms with Gasteiger partial charge in [0.2, 0.25) is 5.91 Å². The van der Waals surface area contributed by atoms with Gasteiger partial charge in [-0.05, 0) is 63.1 Å². The largest absolute Gasteiger partial charge is 0.460 e. The van der Waals surface area contributed by atoms with Crippen LogP contribution in [-0.2, 0) is 11.0 Å². The molecule has 1 saturated carbocycles. The van der Waals surface area contributed by atoms with E-state index < -0.39 is 11.7 Å². The molecule has 2 aromatic carbocycles. The Hall–Kier alpha value is -3.36. The lowest BCUT2D eigenvalue weighted by Gasteiger charge is -2.24. The minimum Gasteiger partial charge on any atom is -0.460 e. The molecule has 1 N–H and O–H groups in total. The first-order chi connectivity index (χ1) is 15.2. The van der Waals surface area contributed by atoms with Crippen LogP contribution in [0.15, 0.2) is 48.5 Å². The number of benzene rings is 2. The molecule has 0 spiro atoms. The smallest absolute Gasteiger partial charge is 0.416 e. The molecule has 6 nitrogen and oxygen atoms in total. The van der Waals surface area contributed by atoms with Crippen LogP contribution in [0.2, 0.25) is 0 Å². The molecule has 1 aliphatic carbocycles. The number of hydrogen-bond donors (Lipinski definition) is 1. The van der Waals surface area contributed by atoms with E-state index in [1.807, 2.05) is 13.8 Å². The number of amides is 1. The highest BCUT2D eigenvalue weighted by atomic mass is 19.4. The maximum atomic E-state index is 13.2. The summed E-state index contributed by atoms with van der Waals surface area (Å²) in [7, 11) is 0. The third kappa shape index (κ3) is 4.76. The Morgan fingerprint density at radius 1 is 1.16 bits per heavy atom. The highest BCUT2D eigenvalue weighted by Gasteiger charge is 2.31. The highest BCUT2D eigenvalue weighted by molar-refractivity contribution is 5.93. The van der Waals surface area contributed by atoms with E-state index in [1.54, 1.807) is 30.3 Å². The normalized spacial score (nSPS) is 14.3. The van der Waals surface area contributed by atoms with Gasteiger partial charge in [-0.2, -0.15) is 18.2 Å². The number of alkyl halides is 3. The van der Waals surface area contributed by atoms with E-state index in [2.05, 4.69) is 15.4 Å². The van der Waals surface area contributed by atoms with Gasteiger partial charge in [-0.1, -0.05) is 18.6 Å². The summed E-state index contributed by atoms with van der Waals surface area (Å²) in [5, 5.41) is 7.24. The molecule has 0 radical (unpaired) electrons. The van der Waals surface area contributed by atoms with Gasteiger partial charge < -0.3 is 10.1 Å². The van der Waals surface area contributed by atoms with Crippen LogP contribution < -0.4 is 10.1 Å². The van der Waals surface area contributed by atoms with Crippen molar-refractivity contribution in [2.24, 2.45) is 5.92 Å². The van der Waals surface area contributed by atoms with Crippen molar-refractivity contribution in [3.63, 3.8) is 0 Å². The molecule has 1 fully saturated rings. The van der Waals surface area contributed by atoms with E-state index in [0.29, 0.717) is 11.4 Å². The Kier molecular flexibility index (Phi) is 5.90. The van der Waals surface area contributed by atoms with Crippen LogP contribution in [0.5, 0.6) is 6.01 Å². The monoisotopic (exact) mass is 444 g/mol. The third-order valence-corrected chi connectivity index (χ3v) is 5.23. The lowest BCUT2D eigenvalue weighted by atomic mass is 9.85. The van der Waals surface area contributed by atoms with Crippen LogP contribution in [0.25, 0.3) is 17.1 Å². The Morgan fingerprint density at radius 2 is 1.88 bits per heavy atom. The molecule has 1 heterocycles. The summed E-state index contributed by atoms with van der Waals surface area (Å²) in [5.74, 6) is 0.285. The predicted octanol–water partition coefficient (Wildman–Crippen LogP) is 5.48. The molecule has 168 valence electrons. The first kappa shape index (κ1) is 21.9. The molecular formula is C23H23F3N4O2. The van der Waals surface area contributed by atoms with Gasteiger partial charge in [0.05, 0.1) is 17.4 Å². The van der Waals surface area contributed by atoms with Crippen LogP contribution in [-0.4, -0.2) is 26.8 Å². The fraction of sp³-hybridized carbons (Fsp3) is 0.348. The average Bonchev–Trinajstić information content (AvgIpc) is 3.09. The standard InChI is InChI=1S/C23H23F3N4O2/c1-14(2)32-22-28-20(16-7-4-8-17(13-16)23(24,25)26)30(29-22)19-11-9-18(10-12-19)27-21(31)15-5-3-6-15/h4,7-15H,3,5-6H2,1-2H3,(H,27,31). The number of rotatable bonds is 6. The summed E-state index contributed by atoms with van der Waals surface area (Å²) in [6.45, 7) is 3.62. The maximum absolute atomic E-state index is 13.2. The SMILES string of the molecule is CC(C)Oc1nc(-c2cccc(C(F)(F)F)c2)n(-c2ccc(NC(=O)C3CCC3)cc2)n1. The van der Waals surface area contributed by atoms with Crippen LogP contribution in [0.3, 0.4) is 0 Å². The second-order valence-corrected chi connectivity index (χ2v) is 8.04. The first-order valence-electron chi connectivity index (χ1n) is 10.4. The molecule has 4 rings (SSSR count). The number of halogens is 3. The summed E-state index contributed by atoms with van der Waals surface area (Å²) in [6, 6.07) is 11.9. The second-order valence-electron chi connectivity index (χ2n) is 8.04. The quantitative estimate of drug-likeness (QED) is 0.547. The Balaban J connectivity index is 1.67. The molecule has 0 bridgehead atoms. The second kappa shape index (κ2) is 8.64. The zero-order valence-corrected chi connectivity index (χ0v) is 17.7. The van der Waals surface area contributed by atoms with Crippen LogP contribution in [0.4, 0.5) is 18.9 Å². The number of aromatic nitrogens is 3. The fourth-order valence-corrected chi connectivity index (χ4v) is 3.36. The van der Waals surface area contributed by atoms with Crippen LogP contribution in [0.1, 0.15) is 38.7 Å². The van der Waals surface area contributed by atoms with Crippen LogP contribution in [0, 0.1) is 5.92 Å². The van der Waals surface area contributed by atoms with Gasteiger partial charge in [-0.15, -0.1) is 5.10 Å². The Bertz CT molecular complexity index is 1100. The molecule has 0 atom stereocenters. The molecule has 9 heteroatoms. The van der Waals surface area contributed by atoms with Gasteiger partial charge in [-0.25, -0.2) is 4.68 Å². The van der Waals surface area contributed by atoms with E-state index in [9.17, 15) is 18.0 Å². The van der Waals surface area contributed by atoms with Crippen molar-refractivity contribution in [1.82, 2.24) is 14.8 Å². The molecule has 3 aromatic rings. The van der Waals surface area contributed by atoms with E-state index >= 15 is 0 Å². The van der Waals surface area contributed by atoms with E-state index in [1.165, 1.54) is 10.7 Å². The summed E-state index contributed by atoms with van der Waals surface area (Å²) >= 11 is 0. The van der Waals surface area contributed by atoms with E-state index in [0.717, 1.165) is 31.4 Å². The van der Waals surface area contributed by atoms with Crippen molar-refractivity contribution in [3.05, 3.63) is 54.1 Å². The zero-order valence-electron chi connectivity index (χ0n) is 17.7. The van der Waals surface area contributed by atoms with Gasteiger partial charge in [0.1, 0.15) is 0 Å². The van der Waals surface area contributed by atoms with Gasteiger partial charge >= 0.3 is 12.2 Å². The molecule has 32 heavy (non-hydrogen) atoms. The molecule has 1 amide bonds. The van der Waals surface area contributed by atoms with Gasteiger partial charge in [0.15, 0.2) is 5.82 Å². The number of ether oxygens (including phenoxy) is 1. The summed E-state index contributed by atoms with van der Waals surface area (Å²) in [4.78, 5) is 16.5. The Labute approximate surface area is 183 Å². The molecule has 0 unspecified atom stereocenters. The maximum Gasteiger partial charge on any atom is 0.416 e. The molecule has 1 aliphatic rings. The third-order valence-electron chi connectivity index (χ3n) is 5.23. The summed E-state index contributed by atoms with van der Waals surface area (Å²) < 4.78 is 46.7. The molecule has 0 aliphatic heterocycles. The van der Waals surface area contributed by atoms with Gasteiger partial charge in [-0.3, -0.25) is 4.79 Å². The van der Waals surface area contributed by atoms with Crippen molar-refractivity contribution in [2.75, 3.05) is 5.32 Å². The number of hydrogen-bond acceptors (Lipinski definition) is 4. The minimum atomic E-state index is -4.47. The summed E-state index contributed by atoms with van der Waals surface area (Å²) in [5.41, 5.74) is 0.702. The number of anilines is 1. The van der Waals surface area contributed by atoms with Crippen molar-refractivity contribution in [2.45, 2.75) is 45.4 Å². The van der Waals surface area contributed by atoms with Crippen LogP contribution >= 0.6 is 0 Å². The first-order valence-corrected chi connectivity index (χ1v) is 10.4. The zero-order chi connectivity index (χ0) is 22.9. The molecule has 0 saturated heterocycles. The Morgan fingerprint density at radius 3 is 2.47 bits per heavy atom. The molecular weight excluding hydrogens is 421 g/mol. The number of carbonyl (C=O) groups excluding carboxylic acids is 1. The number of carbonyl (C=O) groups is 1. The summed E-state index contributed by atoms with van der Waals surface area (Å²) in [6.07, 6.45) is -1.80. The van der Waals surface area contributed by atoms with Crippen molar-refractivity contribution in [1.29, 1.82) is 0 Å². The predicted molar refractivity (Wildman–Crippen MR) is 114 cm³/mol. The van der Waals surface area contributed by atoms with Gasteiger partial charge in [0.25, 0.3) is 0 Å². The molecule has 1 aromatic heterocycles. The van der Waals surface area contributed by atoms with E-state index in [-0.39, 0.29) is 35.3 Å². The fourth-order valence-electron chi connectivity index (χ4n) is 3.36. The average molecular weight is 444 g/mol. The van der Waals surface area contributed by atoms with E-state index in [4.69, 9.17) is 4.74 Å². The van der Waals surface area contributed by atoms with Crippen molar-refractivity contribution in [3.8, 4) is 23.1 Å². The highest BCUT2D eigenvalue weighted by Crippen LogP contribution is 2.33. The van der Waals surface area contributed by atoms with Crippen molar-refractivity contribution >= 4 is 11.6 Å². The number of nitrogens with one attached hydrogen (secondary N) is 1. The lowest BCUT2D eigenvalue weighted by Crippen LogP contribution is -2.27. The topological polar surface area (TPSA) is 69.0 Å². The van der Waals surface area contributed by atoms with Crippen molar-refractivity contribution < 1.29 is 22.7 Å². The number of nitrogens with zero attached hydrogens (tertiary/aromatic N) is 3. The minimum absolute atomic E-state index is 0.00188.